The second-order valence-corrected chi connectivity index (χ2v) is 8.68. The quantitative estimate of drug-likeness (QED) is 0.620. The Labute approximate surface area is 181 Å². The van der Waals surface area contributed by atoms with Crippen molar-refractivity contribution in [2.45, 2.75) is 17.7 Å². The van der Waals surface area contributed by atoms with Crippen molar-refractivity contribution < 1.29 is 4.79 Å². The summed E-state index contributed by atoms with van der Waals surface area (Å²) < 4.78 is 2.92. The van der Waals surface area contributed by atoms with Crippen LogP contribution in [0.5, 0.6) is 0 Å². The van der Waals surface area contributed by atoms with E-state index >= 15 is 0 Å². The second kappa shape index (κ2) is 8.77. The lowest BCUT2D eigenvalue weighted by Gasteiger charge is -2.11. The lowest BCUT2D eigenvalue weighted by atomic mass is 10.2. The van der Waals surface area contributed by atoms with Crippen LogP contribution >= 0.6 is 23.4 Å². The summed E-state index contributed by atoms with van der Waals surface area (Å²) in [6, 6.07) is 15.5. The van der Waals surface area contributed by atoms with Crippen molar-refractivity contribution in [2.24, 2.45) is 0 Å². The van der Waals surface area contributed by atoms with E-state index in [1.165, 1.54) is 27.0 Å². The Morgan fingerprint density at radius 2 is 1.70 bits per heavy atom. The van der Waals surface area contributed by atoms with Gasteiger partial charge in [0.1, 0.15) is 0 Å². The average molecular weight is 440 g/mol. The van der Waals surface area contributed by atoms with Crippen molar-refractivity contribution >= 4 is 29.3 Å². The molecule has 3 aromatic rings. The molecule has 6 nitrogen and oxygen atoms in total. The smallest absolute Gasteiger partial charge is 0.260 e. The number of hydrogen-bond acceptors (Lipinski definition) is 4. The number of hydrogen-bond donors (Lipinski definition) is 1. The van der Waals surface area contributed by atoms with Gasteiger partial charge in [0, 0.05) is 41.9 Å². The highest BCUT2D eigenvalue weighted by Gasteiger charge is 2.20. The summed E-state index contributed by atoms with van der Waals surface area (Å²) in [5, 5.41) is 2.78. The lowest BCUT2D eigenvalue weighted by molar-refractivity contribution is -0.116. The van der Waals surface area contributed by atoms with Crippen molar-refractivity contribution in [3.63, 3.8) is 0 Å². The number of rotatable bonds is 5. The van der Waals surface area contributed by atoms with Crippen molar-refractivity contribution in [3.8, 4) is 11.4 Å². The first-order valence-electron chi connectivity index (χ1n) is 9.31. The first-order valence-corrected chi connectivity index (χ1v) is 10.6. The number of amides is 1. The summed E-state index contributed by atoms with van der Waals surface area (Å²) in [7, 11) is 0. The molecule has 8 heteroatoms. The summed E-state index contributed by atoms with van der Waals surface area (Å²) in [4.78, 5) is 37.7. The highest BCUT2D eigenvalue weighted by Crippen LogP contribution is 2.34. The maximum Gasteiger partial charge on any atom is 0.260 e. The van der Waals surface area contributed by atoms with Crippen LogP contribution in [0.4, 0.5) is 0 Å². The van der Waals surface area contributed by atoms with E-state index in [4.69, 9.17) is 11.6 Å². The Bertz CT molecular complexity index is 1230. The zero-order valence-electron chi connectivity index (χ0n) is 15.8. The molecule has 2 aromatic heterocycles. The minimum atomic E-state index is -0.226. The monoisotopic (exact) mass is 439 g/mol. The first-order chi connectivity index (χ1) is 14.5. The standard InChI is InChI=1S/C22H18ClN3O3S/c23-19-11-10-18(30-19)21(28)24-14-15-4-3-13-26(22(15)29)17-8-6-16(7-9-17)25-12-2-1-5-20(25)27/h1-10,12-13,19H,11,14H2,(H,24,28). The molecule has 1 unspecified atom stereocenters. The molecule has 0 radical (unpaired) electrons. The van der Waals surface area contributed by atoms with Gasteiger partial charge in [0.15, 0.2) is 0 Å². The SMILES string of the molecule is O=C(NCc1cccn(-c2ccc(-n3ccccc3=O)cc2)c1=O)C1=CCC(Cl)S1. The van der Waals surface area contributed by atoms with Crippen LogP contribution in [0.15, 0.2) is 87.6 Å². The molecule has 0 spiro atoms. The minimum Gasteiger partial charge on any atom is -0.347 e. The van der Waals surface area contributed by atoms with E-state index in [1.807, 2.05) is 0 Å². The number of nitrogens with zero attached hydrogens (tertiary/aromatic N) is 2. The number of carbonyl (C=O) groups excluding carboxylic acids is 1. The Morgan fingerprint density at radius 1 is 1.00 bits per heavy atom. The molecule has 0 aliphatic carbocycles. The molecule has 152 valence electrons. The molecule has 1 amide bonds. The maximum absolute atomic E-state index is 12.9. The summed E-state index contributed by atoms with van der Waals surface area (Å²) in [5.74, 6) is -0.226. The van der Waals surface area contributed by atoms with Crippen LogP contribution in [0, 0.1) is 0 Å². The number of alkyl halides is 1. The first kappa shape index (κ1) is 20.3. The van der Waals surface area contributed by atoms with Crippen LogP contribution < -0.4 is 16.4 Å². The molecular formula is C22H18ClN3O3S. The Balaban J connectivity index is 1.53. The van der Waals surface area contributed by atoms with Crippen molar-refractivity contribution in [2.75, 3.05) is 0 Å². The van der Waals surface area contributed by atoms with Crippen molar-refractivity contribution in [1.82, 2.24) is 14.5 Å². The molecule has 1 N–H and O–H groups in total. The molecule has 0 saturated carbocycles. The molecular weight excluding hydrogens is 422 g/mol. The predicted octanol–water partition coefficient (Wildman–Crippen LogP) is 3.19. The summed E-state index contributed by atoms with van der Waals surface area (Å²) in [6.07, 6.45) is 5.82. The average Bonchev–Trinajstić information content (AvgIpc) is 3.20. The van der Waals surface area contributed by atoms with Gasteiger partial charge in [-0.1, -0.05) is 18.2 Å². The van der Waals surface area contributed by atoms with Crippen LogP contribution in [0.25, 0.3) is 11.4 Å². The van der Waals surface area contributed by atoms with E-state index in [0.29, 0.717) is 28.3 Å². The van der Waals surface area contributed by atoms with Gasteiger partial charge in [-0.3, -0.25) is 23.5 Å². The Kier molecular flexibility index (Phi) is 5.92. The van der Waals surface area contributed by atoms with E-state index in [1.54, 1.807) is 67.0 Å². The Morgan fingerprint density at radius 3 is 2.37 bits per heavy atom. The number of benzene rings is 1. The van der Waals surface area contributed by atoms with Gasteiger partial charge in [-0.25, -0.2) is 0 Å². The zero-order valence-corrected chi connectivity index (χ0v) is 17.4. The van der Waals surface area contributed by atoms with Crippen LogP contribution in [0.3, 0.4) is 0 Å². The number of allylic oxidation sites excluding steroid dienone is 1. The zero-order chi connectivity index (χ0) is 21.1. The van der Waals surface area contributed by atoms with E-state index in [0.717, 1.165) is 0 Å². The van der Waals surface area contributed by atoms with Crippen molar-refractivity contribution in [1.29, 1.82) is 0 Å². The predicted molar refractivity (Wildman–Crippen MR) is 119 cm³/mol. The number of nitrogens with one attached hydrogen (secondary N) is 1. The van der Waals surface area contributed by atoms with Gasteiger partial charge >= 0.3 is 0 Å². The largest absolute Gasteiger partial charge is 0.347 e. The number of carbonyl (C=O) groups is 1. The van der Waals surface area contributed by atoms with Gasteiger partial charge in [0.05, 0.1) is 9.61 Å². The van der Waals surface area contributed by atoms with E-state index in [2.05, 4.69) is 5.32 Å². The second-order valence-electron chi connectivity index (χ2n) is 6.65. The van der Waals surface area contributed by atoms with Gasteiger partial charge in [-0.05, 0) is 42.8 Å². The summed E-state index contributed by atoms with van der Waals surface area (Å²) >= 11 is 7.32. The molecule has 0 fully saturated rings. The highest BCUT2D eigenvalue weighted by molar-refractivity contribution is 8.05. The third-order valence-corrected chi connectivity index (χ3v) is 6.16. The molecule has 30 heavy (non-hydrogen) atoms. The Hall–Kier alpha value is -3.03. The van der Waals surface area contributed by atoms with E-state index in [-0.39, 0.29) is 28.3 Å². The normalized spacial score (nSPS) is 15.6. The molecule has 1 aromatic carbocycles. The van der Waals surface area contributed by atoms with Gasteiger partial charge in [0.25, 0.3) is 17.0 Å². The lowest BCUT2D eigenvalue weighted by Crippen LogP contribution is -2.29. The van der Waals surface area contributed by atoms with Crippen LogP contribution in [0.1, 0.15) is 12.0 Å². The molecule has 1 aliphatic rings. The maximum atomic E-state index is 12.9. The molecule has 1 atom stereocenters. The third kappa shape index (κ3) is 4.27. The van der Waals surface area contributed by atoms with Crippen LogP contribution in [-0.4, -0.2) is 19.8 Å². The fourth-order valence-electron chi connectivity index (χ4n) is 3.13. The fourth-order valence-corrected chi connectivity index (χ4v) is 4.35. The van der Waals surface area contributed by atoms with Gasteiger partial charge < -0.3 is 5.32 Å². The summed E-state index contributed by atoms with van der Waals surface area (Å²) in [5.41, 5.74) is 1.50. The molecule has 0 saturated heterocycles. The van der Waals surface area contributed by atoms with E-state index in [9.17, 15) is 14.4 Å². The third-order valence-electron chi connectivity index (χ3n) is 4.66. The number of thioether (sulfide) groups is 1. The van der Waals surface area contributed by atoms with Gasteiger partial charge in [0.2, 0.25) is 0 Å². The summed E-state index contributed by atoms with van der Waals surface area (Å²) in [6.45, 7) is 0.126. The van der Waals surface area contributed by atoms with E-state index < -0.39 is 0 Å². The number of pyridine rings is 2. The molecule has 3 heterocycles. The van der Waals surface area contributed by atoms with Gasteiger partial charge in [-0.2, -0.15) is 0 Å². The van der Waals surface area contributed by atoms with Gasteiger partial charge in [-0.15, -0.1) is 23.4 Å². The topological polar surface area (TPSA) is 73.1 Å². The van der Waals surface area contributed by atoms with Crippen LogP contribution in [0.2, 0.25) is 0 Å². The minimum absolute atomic E-state index is 0.116. The number of halogens is 1. The molecule has 1 aliphatic heterocycles. The highest BCUT2D eigenvalue weighted by atomic mass is 35.5. The fraction of sp³-hybridized carbons (Fsp3) is 0.136. The number of aromatic nitrogens is 2. The van der Waals surface area contributed by atoms with Crippen molar-refractivity contribution in [3.05, 3.63) is 104 Å². The van der Waals surface area contributed by atoms with Crippen LogP contribution in [-0.2, 0) is 11.3 Å². The molecule has 0 bridgehead atoms. The molecule has 4 rings (SSSR count).